The van der Waals surface area contributed by atoms with Gasteiger partial charge < -0.3 is 31.5 Å². The Hall–Kier alpha value is -4.76. The lowest BCUT2D eigenvalue weighted by Gasteiger charge is -2.14. The van der Waals surface area contributed by atoms with Crippen molar-refractivity contribution in [3.63, 3.8) is 0 Å². The van der Waals surface area contributed by atoms with Crippen LogP contribution in [0.15, 0.2) is 55.1 Å². The van der Waals surface area contributed by atoms with Gasteiger partial charge >= 0.3 is 12.2 Å². The van der Waals surface area contributed by atoms with Crippen LogP contribution in [-0.2, 0) is 6.18 Å². The number of hydrogen-bond acceptors (Lipinski definition) is 8. The zero-order valence-electron chi connectivity index (χ0n) is 20.3. The number of imidazole rings is 1. The van der Waals surface area contributed by atoms with Crippen molar-refractivity contribution in [2.45, 2.75) is 12.3 Å². The number of amides is 3. The largest absolute Gasteiger partial charge is 0.416 e. The number of carbonyl (C=O) groups is 2. The standard InChI is InChI=1S/C24H23F3N8O4/c1-28-20-19-21(31-11-30-20)35(12-32-19)17-4-2-15(3-5-17)33-23(39)34-16-7-13(6-14(8-16)24(25,26)27)22(38)29-9-18(37)10-36/h2-8,11-12,18,36-37H,9-10H2,1H3,(H,29,38)(H,28,30,31)(H2,33,34,39). The second-order valence-electron chi connectivity index (χ2n) is 8.23. The minimum absolute atomic E-state index is 0.281. The molecular formula is C24H23F3N8O4. The van der Waals surface area contributed by atoms with Crippen LogP contribution in [0.4, 0.5) is 35.2 Å². The smallest absolute Gasteiger partial charge is 0.394 e. The molecule has 15 heteroatoms. The van der Waals surface area contributed by atoms with E-state index in [0.717, 1.165) is 6.07 Å². The van der Waals surface area contributed by atoms with Gasteiger partial charge in [0, 0.05) is 36.2 Å². The first-order valence-electron chi connectivity index (χ1n) is 11.4. The highest BCUT2D eigenvalue weighted by Gasteiger charge is 2.32. The van der Waals surface area contributed by atoms with E-state index >= 15 is 0 Å². The Morgan fingerprint density at radius 2 is 1.74 bits per heavy atom. The molecule has 4 rings (SSSR count). The average Bonchev–Trinajstić information content (AvgIpc) is 3.35. The van der Waals surface area contributed by atoms with Gasteiger partial charge in [0.15, 0.2) is 17.0 Å². The summed E-state index contributed by atoms with van der Waals surface area (Å²) in [4.78, 5) is 37.5. The van der Waals surface area contributed by atoms with Crippen molar-refractivity contribution in [3.8, 4) is 5.69 Å². The Labute approximate surface area is 218 Å². The predicted octanol–water partition coefficient (Wildman–Crippen LogP) is 2.60. The lowest BCUT2D eigenvalue weighted by atomic mass is 10.1. The third-order valence-electron chi connectivity index (χ3n) is 5.46. The van der Waals surface area contributed by atoms with Gasteiger partial charge in [-0.3, -0.25) is 9.36 Å². The molecule has 0 fully saturated rings. The number of rotatable bonds is 8. The van der Waals surface area contributed by atoms with Gasteiger partial charge in [-0.2, -0.15) is 13.2 Å². The molecule has 39 heavy (non-hydrogen) atoms. The number of benzene rings is 2. The summed E-state index contributed by atoms with van der Waals surface area (Å²) >= 11 is 0. The van der Waals surface area contributed by atoms with Gasteiger partial charge in [0.25, 0.3) is 5.91 Å². The molecule has 0 saturated carbocycles. The third-order valence-corrected chi connectivity index (χ3v) is 5.46. The molecule has 0 aliphatic carbocycles. The maximum atomic E-state index is 13.4. The highest BCUT2D eigenvalue weighted by molar-refractivity contribution is 6.01. The van der Waals surface area contributed by atoms with Gasteiger partial charge in [0.05, 0.1) is 18.3 Å². The Kier molecular flexibility index (Phi) is 7.92. The van der Waals surface area contributed by atoms with E-state index in [1.165, 1.54) is 6.33 Å². The van der Waals surface area contributed by atoms with Crippen LogP contribution in [0.5, 0.6) is 0 Å². The quantitative estimate of drug-likeness (QED) is 0.197. The van der Waals surface area contributed by atoms with E-state index in [4.69, 9.17) is 5.11 Å². The summed E-state index contributed by atoms with van der Waals surface area (Å²) in [5.74, 6) is -0.363. The molecule has 0 bridgehead atoms. The number of aliphatic hydroxyl groups excluding tert-OH is 2. The van der Waals surface area contributed by atoms with Gasteiger partial charge in [0.2, 0.25) is 0 Å². The minimum Gasteiger partial charge on any atom is -0.394 e. The second-order valence-corrected chi connectivity index (χ2v) is 8.23. The maximum absolute atomic E-state index is 13.4. The van der Waals surface area contributed by atoms with Crippen molar-refractivity contribution in [2.75, 3.05) is 36.1 Å². The van der Waals surface area contributed by atoms with Crippen molar-refractivity contribution in [3.05, 3.63) is 66.2 Å². The van der Waals surface area contributed by atoms with E-state index < -0.39 is 42.0 Å². The molecule has 204 valence electrons. The third kappa shape index (κ3) is 6.39. The molecule has 2 heterocycles. The molecule has 1 atom stereocenters. The summed E-state index contributed by atoms with van der Waals surface area (Å²) in [6.07, 6.45) is -3.10. The molecule has 6 N–H and O–H groups in total. The van der Waals surface area contributed by atoms with Crippen molar-refractivity contribution in [1.29, 1.82) is 0 Å². The Balaban J connectivity index is 1.48. The number of anilines is 3. The molecule has 0 aliphatic heterocycles. The number of aromatic nitrogens is 4. The van der Waals surface area contributed by atoms with E-state index in [-0.39, 0.29) is 12.2 Å². The predicted molar refractivity (Wildman–Crippen MR) is 136 cm³/mol. The maximum Gasteiger partial charge on any atom is 0.416 e. The van der Waals surface area contributed by atoms with Crippen molar-refractivity contribution >= 4 is 40.3 Å². The summed E-state index contributed by atoms with van der Waals surface area (Å²) in [6.45, 7) is -1.01. The lowest BCUT2D eigenvalue weighted by molar-refractivity contribution is -0.137. The first-order chi connectivity index (χ1) is 18.6. The normalized spacial score (nSPS) is 12.2. The molecule has 3 amide bonds. The Bertz CT molecular complexity index is 1490. The van der Waals surface area contributed by atoms with Crippen LogP contribution in [0.25, 0.3) is 16.9 Å². The number of aliphatic hydroxyl groups is 2. The average molecular weight is 544 g/mol. The number of fused-ring (bicyclic) bond motifs is 1. The summed E-state index contributed by atoms with van der Waals surface area (Å²) < 4.78 is 41.9. The number of nitrogens with zero attached hydrogens (tertiary/aromatic N) is 4. The van der Waals surface area contributed by atoms with E-state index in [1.807, 2.05) is 0 Å². The van der Waals surface area contributed by atoms with E-state index in [0.29, 0.717) is 40.5 Å². The molecule has 12 nitrogen and oxygen atoms in total. The van der Waals surface area contributed by atoms with Crippen LogP contribution in [-0.4, -0.2) is 68.0 Å². The van der Waals surface area contributed by atoms with E-state index in [9.17, 15) is 27.9 Å². The molecule has 0 spiro atoms. The number of alkyl halides is 3. The highest BCUT2D eigenvalue weighted by Crippen LogP contribution is 2.32. The van der Waals surface area contributed by atoms with Gasteiger partial charge in [-0.15, -0.1) is 0 Å². The van der Waals surface area contributed by atoms with Gasteiger partial charge in [-0.1, -0.05) is 0 Å². The monoisotopic (exact) mass is 544 g/mol. The summed E-state index contributed by atoms with van der Waals surface area (Å²) in [5, 5.41) is 28.2. The Morgan fingerprint density at radius 1 is 1.03 bits per heavy atom. The number of halogens is 3. The molecule has 1 unspecified atom stereocenters. The fraction of sp³-hybridized carbons (Fsp3) is 0.208. The number of hydrogen-bond donors (Lipinski definition) is 6. The van der Waals surface area contributed by atoms with Crippen LogP contribution < -0.4 is 21.3 Å². The van der Waals surface area contributed by atoms with Crippen molar-refractivity contribution < 1.29 is 33.0 Å². The highest BCUT2D eigenvalue weighted by atomic mass is 19.4. The van der Waals surface area contributed by atoms with Crippen LogP contribution >= 0.6 is 0 Å². The summed E-state index contributed by atoms with van der Waals surface area (Å²) in [6, 6.07) is 8.06. The van der Waals surface area contributed by atoms with Gasteiger partial charge in [-0.25, -0.2) is 19.7 Å². The van der Waals surface area contributed by atoms with Crippen molar-refractivity contribution in [1.82, 2.24) is 24.8 Å². The number of urea groups is 1. The minimum atomic E-state index is -4.79. The summed E-state index contributed by atoms with van der Waals surface area (Å²) in [5.41, 5.74) is 0.320. The molecule has 0 radical (unpaired) electrons. The van der Waals surface area contributed by atoms with Crippen molar-refractivity contribution in [2.24, 2.45) is 0 Å². The lowest BCUT2D eigenvalue weighted by Crippen LogP contribution is -2.34. The molecule has 4 aromatic rings. The molecular weight excluding hydrogens is 521 g/mol. The van der Waals surface area contributed by atoms with Crippen LogP contribution in [0, 0.1) is 0 Å². The first kappa shape index (κ1) is 27.3. The molecule has 0 saturated heterocycles. The fourth-order valence-corrected chi connectivity index (χ4v) is 3.58. The topological polar surface area (TPSA) is 166 Å². The second kappa shape index (κ2) is 11.3. The Morgan fingerprint density at radius 3 is 2.41 bits per heavy atom. The summed E-state index contributed by atoms with van der Waals surface area (Å²) in [7, 11) is 1.71. The van der Waals surface area contributed by atoms with Crippen LogP contribution in [0.1, 0.15) is 15.9 Å². The number of carbonyl (C=O) groups excluding carboxylic acids is 2. The molecule has 0 aliphatic rings. The van der Waals surface area contributed by atoms with Gasteiger partial charge in [0.1, 0.15) is 12.7 Å². The van der Waals surface area contributed by atoms with Crippen LogP contribution in [0.3, 0.4) is 0 Å². The van der Waals surface area contributed by atoms with Gasteiger partial charge in [-0.05, 0) is 42.5 Å². The fourth-order valence-electron chi connectivity index (χ4n) is 3.58. The van der Waals surface area contributed by atoms with E-state index in [1.54, 1.807) is 42.2 Å². The zero-order chi connectivity index (χ0) is 28.2. The number of nitrogens with one attached hydrogen (secondary N) is 4. The van der Waals surface area contributed by atoms with E-state index in [2.05, 4.69) is 36.2 Å². The zero-order valence-corrected chi connectivity index (χ0v) is 20.3. The first-order valence-corrected chi connectivity index (χ1v) is 11.4. The SMILES string of the molecule is CNc1ncnc2c1ncn2-c1ccc(NC(=O)Nc2cc(C(=O)NCC(O)CO)cc(C(F)(F)F)c2)cc1. The van der Waals surface area contributed by atoms with Crippen LogP contribution in [0.2, 0.25) is 0 Å². The molecule has 2 aromatic carbocycles. The molecule has 2 aromatic heterocycles.